The van der Waals surface area contributed by atoms with Crippen LogP contribution >= 0.6 is 24.7 Å². The van der Waals surface area contributed by atoms with Crippen LogP contribution in [0.3, 0.4) is 0 Å². The third-order valence-corrected chi connectivity index (χ3v) is 1.45. The summed E-state index contributed by atoms with van der Waals surface area (Å²) < 4.78 is 0. The molecule has 0 fully saturated rings. The van der Waals surface area contributed by atoms with E-state index in [1.54, 1.807) is 6.56 Å². The first kappa shape index (κ1) is 7.30. The summed E-state index contributed by atoms with van der Waals surface area (Å²) in [5.41, 5.74) is 0. The summed E-state index contributed by atoms with van der Waals surface area (Å²) in [5.74, 6) is 0. The third kappa shape index (κ3) is 2.94. The highest BCUT2D eigenvalue weighted by Crippen LogP contribution is 1.81. The third-order valence-electron chi connectivity index (χ3n) is 0.551. The van der Waals surface area contributed by atoms with Crippen LogP contribution in [0.4, 0.5) is 0 Å². The fourth-order valence-corrected chi connectivity index (χ4v) is 0.346. The first-order valence-corrected chi connectivity index (χ1v) is 2.79. The van der Waals surface area contributed by atoms with Crippen LogP contribution in [-0.2, 0) is 0 Å². The van der Waals surface area contributed by atoms with Gasteiger partial charge in [-0.15, -0.1) is 0 Å². The number of hydrogen-bond donors (Lipinski definition) is 1. The fraction of sp³-hybridized carbons (Fsp3) is 0.667. The molecule has 7 heavy (non-hydrogen) atoms. The van der Waals surface area contributed by atoms with Crippen LogP contribution in [0.15, 0.2) is 0 Å². The zero-order valence-corrected chi connectivity index (χ0v) is 6.09. The standard InChI is InChI=1S/C3H7BNS2/c1-5(2)3(6)4-7/h7H,1-2H3. The smallest absolute Gasteiger partial charge is 0.262 e. The molecule has 0 N–H and O–H groups in total. The van der Waals surface area contributed by atoms with E-state index in [4.69, 9.17) is 12.2 Å². The lowest BCUT2D eigenvalue weighted by atomic mass is 10.1. The summed E-state index contributed by atoms with van der Waals surface area (Å²) in [7, 11) is 3.77. The summed E-state index contributed by atoms with van der Waals surface area (Å²) in [6.07, 6.45) is 0. The van der Waals surface area contributed by atoms with E-state index < -0.39 is 0 Å². The van der Waals surface area contributed by atoms with Crippen molar-refractivity contribution < 1.29 is 0 Å². The van der Waals surface area contributed by atoms with Gasteiger partial charge in [-0.25, -0.2) is 12.5 Å². The van der Waals surface area contributed by atoms with Crippen molar-refractivity contribution in [1.82, 2.24) is 4.90 Å². The van der Waals surface area contributed by atoms with Gasteiger partial charge in [0.25, 0.3) is 6.56 Å². The van der Waals surface area contributed by atoms with Crippen LogP contribution in [0.2, 0.25) is 0 Å². The maximum absolute atomic E-state index is 4.77. The highest BCUT2D eigenvalue weighted by Gasteiger charge is 1.93. The van der Waals surface area contributed by atoms with Gasteiger partial charge in [-0.05, 0) is 0 Å². The number of thiocarbonyl (C=S) groups is 1. The Kier molecular flexibility index (Phi) is 3.47. The highest BCUT2D eigenvalue weighted by molar-refractivity contribution is 8.13. The van der Waals surface area contributed by atoms with E-state index in [0.717, 1.165) is 4.89 Å². The molecule has 39 valence electrons. The minimum absolute atomic E-state index is 0.753. The van der Waals surface area contributed by atoms with Crippen molar-refractivity contribution in [2.45, 2.75) is 0 Å². The van der Waals surface area contributed by atoms with E-state index in [2.05, 4.69) is 12.5 Å². The zero-order valence-electron chi connectivity index (χ0n) is 4.38. The number of thiol groups is 1. The van der Waals surface area contributed by atoms with Crippen molar-refractivity contribution >= 4 is 36.1 Å². The normalized spacial score (nSPS) is 7.86. The number of rotatable bonds is 1. The molecule has 0 aliphatic heterocycles. The quantitative estimate of drug-likeness (QED) is 0.312. The summed E-state index contributed by atoms with van der Waals surface area (Å²) in [6.45, 7) is 1.59. The Bertz CT molecular complexity index is 73.3. The average Bonchev–Trinajstić information content (AvgIpc) is 1.65. The van der Waals surface area contributed by atoms with Crippen LogP contribution in [0, 0.1) is 0 Å². The average molecular weight is 132 g/mol. The van der Waals surface area contributed by atoms with Gasteiger partial charge >= 0.3 is 0 Å². The van der Waals surface area contributed by atoms with E-state index in [0.29, 0.717) is 0 Å². The van der Waals surface area contributed by atoms with Crippen LogP contribution < -0.4 is 0 Å². The molecule has 0 aromatic rings. The minimum atomic E-state index is 0.753. The molecule has 0 aliphatic carbocycles. The predicted octanol–water partition coefficient (Wildman–Crippen LogP) is 0.382. The second-order valence-corrected chi connectivity index (χ2v) is 2.04. The van der Waals surface area contributed by atoms with Crippen molar-refractivity contribution in [3.05, 3.63) is 0 Å². The molecule has 0 unspecified atom stereocenters. The Balaban J connectivity index is 3.35. The topological polar surface area (TPSA) is 3.24 Å². The van der Waals surface area contributed by atoms with Crippen LogP contribution in [0.25, 0.3) is 0 Å². The summed E-state index contributed by atoms with van der Waals surface area (Å²) >= 11 is 8.62. The molecule has 1 nitrogen and oxygen atoms in total. The first-order valence-electron chi connectivity index (χ1n) is 1.87. The maximum atomic E-state index is 4.77. The summed E-state index contributed by atoms with van der Waals surface area (Å²) in [5, 5.41) is 0. The molecule has 0 bridgehead atoms. The van der Waals surface area contributed by atoms with Gasteiger partial charge in [0.1, 0.15) is 0 Å². The maximum Gasteiger partial charge on any atom is 0.262 e. The Hall–Kier alpha value is 0.305. The molecule has 4 heteroatoms. The Morgan fingerprint density at radius 1 is 1.71 bits per heavy atom. The van der Waals surface area contributed by atoms with E-state index in [1.807, 2.05) is 19.0 Å². The van der Waals surface area contributed by atoms with Gasteiger partial charge in [0.15, 0.2) is 0 Å². The van der Waals surface area contributed by atoms with Gasteiger partial charge < -0.3 is 4.90 Å². The predicted molar refractivity (Wildman–Crippen MR) is 41.0 cm³/mol. The van der Waals surface area contributed by atoms with E-state index in [1.165, 1.54) is 0 Å². The molecule has 0 saturated carbocycles. The van der Waals surface area contributed by atoms with E-state index in [-0.39, 0.29) is 0 Å². The molecule has 0 aliphatic rings. The molecule has 0 heterocycles. The highest BCUT2D eigenvalue weighted by atomic mass is 32.1. The van der Waals surface area contributed by atoms with Crippen LogP contribution in [0.1, 0.15) is 0 Å². The molecular weight excluding hydrogens is 125 g/mol. The van der Waals surface area contributed by atoms with Crippen LogP contribution in [-0.4, -0.2) is 30.4 Å². The SMILES string of the molecule is CN(C)C(=S)[B]S. The minimum Gasteiger partial charge on any atom is -0.380 e. The van der Waals surface area contributed by atoms with Crippen molar-refractivity contribution in [2.75, 3.05) is 14.1 Å². The lowest BCUT2D eigenvalue weighted by Gasteiger charge is -2.09. The Morgan fingerprint density at radius 3 is 2.14 bits per heavy atom. The van der Waals surface area contributed by atoms with Gasteiger partial charge in [0.05, 0.1) is 0 Å². The molecule has 0 aromatic carbocycles. The van der Waals surface area contributed by atoms with Crippen molar-refractivity contribution in [1.29, 1.82) is 0 Å². The molecule has 0 aromatic heterocycles. The zero-order chi connectivity index (χ0) is 5.86. The van der Waals surface area contributed by atoms with Gasteiger partial charge in [-0.2, -0.15) is 0 Å². The molecule has 0 rings (SSSR count). The largest absolute Gasteiger partial charge is 0.380 e. The van der Waals surface area contributed by atoms with Crippen molar-refractivity contribution in [2.24, 2.45) is 0 Å². The van der Waals surface area contributed by atoms with Crippen molar-refractivity contribution in [3.8, 4) is 0 Å². The molecule has 0 saturated heterocycles. The Labute approximate surface area is 55.6 Å². The van der Waals surface area contributed by atoms with Crippen LogP contribution in [0.5, 0.6) is 0 Å². The van der Waals surface area contributed by atoms with Gasteiger partial charge in [0.2, 0.25) is 0 Å². The summed E-state index contributed by atoms with van der Waals surface area (Å²) in [4.78, 5) is 2.57. The number of nitrogens with zero attached hydrogens (tertiary/aromatic N) is 1. The van der Waals surface area contributed by atoms with Gasteiger partial charge in [-0.1, -0.05) is 12.2 Å². The van der Waals surface area contributed by atoms with Gasteiger partial charge in [-0.3, -0.25) is 0 Å². The van der Waals surface area contributed by atoms with Crippen molar-refractivity contribution in [3.63, 3.8) is 0 Å². The lowest BCUT2D eigenvalue weighted by molar-refractivity contribution is 0.646. The Morgan fingerprint density at radius 2 is 2.14 bits per heavy atom. The molecular formula is C3H7BNS2. The molecule has 0 spiro atoms. The molecule has 0 atom stereocenters. The molecule has 1 radical (unpaired) electrons. The first-order chi connectivity index (χ1) is 3.18. The van der Waals surface area contributed by atoms with Gasteiger partial charge in [0, 0.05) is 19.0 Å². The summed E-state index contributed by atoms with van der Waals surface area (Å²) in [6, 6.07) is 0. The lowest BCUT2D eigenvalue weighted by Crippen LogP contribution is -2.22. The van der Waals surface area contributed by atoms with E-state index >= 15 is 0 Å². The van der Waals surface area contributed by atoms with E-state index in [9.17, 15) is 0 Å². The molecule has 0 amide bonds. The monoisotopic (exact) mass is 132 g/mol. The number of hydrogen-bond acceptors (Lipinski definition) is 2. The second-order valence-electron chi connectivity index (χ2n) is 1.36. The fourth-order valence-electron chi connectivity index (χ4n) is 0.115. The second kappa shape index (κ2) is 3.33.